The Labute approximate surface area is 101 Å². The topological polar surface area (TPSA) is 0 Å². The molecule has 1 unspecified atom stereocenters. The number of rotatable bonds is 8. The molecule has 0 radical (unpaired) electrons. The van der Waals surface area contributed by atoms with Gasteiger partial charge in [-0.05, 0) is 44.1 Å². The van der Waals surface area contributed by atoms with Gasteiger partial charge in [0, 0.05) is 0 Å². The van der Waals surface area contributed by atoms with Crippen LogP contribution in [0.3, 0.4) is 0 Å². The summed E-state index contributed by atoms with van der Waals surface area (Å²) in [6.45, 7) is 10.3. The van der Waals surface area contributed by atoms with E-state index in [1.54, 1.807) is 0 Å². The molecule has 0 amide bonds. The maximum absolute atomic E-state index is 3.86. The van der Waals surface area contributed by atoms with Crippen LogP contribution >= 0.6 is 0 Å². The molecule has 0 saturated heterocycles. The lowest BCUT2D eigenvalue weighted by atomic mass is 9.90. The Balaban J connectivity index is 4.70. The zero-order valence-corrected chi connectivity index (χ0v) is 11.1. The van der Waals surface area contributed by atoms with Gasteiger partial charge in [0.15, 0.2) is 0 Å². The van der Waals surface area contributed by atoms with Gasteiger partial charge in [0.2, 0.25) is 0 Å². The molecule has 0 rings (SSSR count). The Morgan fingerprint density at radius 1 is 1.12 bits per heavy atom. The lowest BCUT2D eigenvalue weighted by Gasteiger charge is -2.14. The van der Waals surface area contributed by atoms with Crippen molar-refractivity contribution in [1.82, 2.24) is 0 Å². The van der Waals surface area contributed by atoms with E-state index >= 15 is 0 Å². The van der Waals surface area contributed by atoms with Gasteiger partial charge < -0.3 is 0 Å². The summed E-state index contributed by atoms with van der Waals surface area (Å²) in [7, 11) is 0. The van der Waals surface area contributed by atoms with Crippen LogP contribution in [0, 0.1) is 5.92 Å². The maximum atomic E-state index is 3.86. The van der Waals surface area contributed by atoms with E-state index in [-0.39, 0.29) is 0 Å². The highest BCUT2D eigenvalue weighted by atomic mass is 14.1. The molecule has 16 heavy (non-hydrogen) atoms. The van der Waals surface area contributed by atoms with Gasteiger partial charge in [-0.15, -0.1) is 6.58 Å². The van der Waals surface area contributed by atoms with E-state index < -0.39 is 0 Å². The van der Waals surface area contributed by atoms with Crippen LogP contribution < -0.4 is 0 Å². The molecule has 90 valence electrons. The molecule has 0 heterocycles. The van der Waals surface area contributed by atoms with Crippen molar-refractivity contribution in [2.45, 2.75) is 46.5 Å². The van der Waals surface area contributed by atoms with Gasteiger partial charge in [-0.2, -0.15) is 0 Å². The molecule has 0 bridgehead atoms. The molecule has 0 N–H and O–H groups in total. The van der Waals surface area contributed by atoms with Gasteiger partial charge in [-0.1, -0.05) is 50.3 Å². The average molecular weight is 218 g/mol. The Morgan fingerprint density at radius 2 is 1.88 bits per heavy atom. The minimum Gasteiger partial charge on any atom is -0.103 e. The van der Waals surface area contributed by atoms with Gasteiger partial charge >= 0.3 is 0 Å². The van der Waals surface area contributed by atoms with Crippen molar-refractivity contribution in [1.29, 1.82) is 0 Å². The zero-order valence-electron chi connectivity index (χ0n) is 11.1. The summed E-state index contributed by atoms with van der Waals surface area (Å²) in [6, 6.07) is 0. The van der Waals surface area contributed by atoms with E-state index in [2.05, 4.69) is 57.7 Å². The summed E-state index contributed by atoms with van der Waals surface area (Å²) in [5, 5.41) is 0. The highest BCUT2D eigenvalue weighted by Crippen LogP contribution is 2.22. The molecule has 0 heteroatoms. The van der Waals surface area contributed by atoms with Gasteiger partial charge in [-0.25, -0.2) is 0 Å². The molecule has 0 aromatic carbocycles. The van der Waals surface area contributed by atoms with Crippen LogP contribution in [-0.2, 0) is 0 Å². The van der Waals surface area contributed by atoms with Gasteiger partial charge in [0.05, 0.1) is 0 Å². The molecule has 0 aliphatic rings. The van der Waals surface area contributed by atoms with Crippen LogP contribution in [-0.4, -0.2) is 0 Å². The fourth-order valence-electron chi connectivity index (χ4n) is 1.73. The highest BCUT2D eigenvalue weighted by Gasteiger charge is 2.08. The predicted molar refractivity (Wildman–Crippen MR) is 75.5 cm³/mol. The average Bonchev–Trinajstić information content (AvgIpc) is 2.30. The van der Waals surface area contributed by atoms with Crippen molar-refractivity contribution in [3.8, 4) is 0 Å². The molecule has 0 nitrogen and oxygen atoms in total. The van der Waals surface area contributed by atoms with Crippen LogP contribution in [0.5, 0.6) is 0 Å². The summed E-state index contributed by atoms with van der Waals surface area (Å²) in [5.74, 6) is 0.594. The van der Waals surface area contributed by atoms with Crippen molar-refractivity contribution < 1.29 is 0 Å². The zero-order chi connectivity index (χ0) is 12.2. The normalized spacial score (nSPS) is 14.8. The lowest BCUT2D eigenvalue weighted by Crippen LogP contribution is -2.00. The summed E-state index contributed by atoms with van der Waals surface area (Å²) < 4.78 is 0. The van der Waals surface area contributed by atoms with E-state index in [0.29, 0.717) is 5.92 Å². The van der Waals surface area contributed by atoms with Crippen LogP contribution in [0.1, 0.15) is 46.5 Å². The Kier molecular flexibility index (Phi) is 9.80. The Morgan fingerprint density at radius 3 is 2.38 bits per heavy atom. The van der Waals surface area contributed by atoms with Crippen molar-refractivity contribution in [3.63, 3.8) is 0 Å². The van der Waals surface area contributed by atoms with Crippen molar-refractivity contribution in [2.75, 3.05) is 0 Å². The second kappa shape index (κ2) is 10.5. The Hall–Kier alpha value is -1.04. The summed E-state index contributed by atoms with van der Waals surface area (Å²) in [4.78, 5) is 0. The fourth-order valence-corrected chi connectivity index (χ4v) is 1.73. The van der Waals surface area contributed by atoms with Crippen LogP contribution in [0.2, 0.25) is 0 Å². The van der Waals surface area contributed by atoms with E-state index in [4.69, 9.17) is 0 Å². The van der Waals surface area contributed by atoms with E-state index in [1.807, 2.05) is 6.08 Å². The lowest BCUT2D eigenvalue weighted by molar-refractivity contribution is 0.644. The molecule has 0 aliphatic carbocycles. The molecule has 0 fully saturated rings. The molecule has 1 atom stereocenters. The van der Waals surface area contributed by atoms with Crippen LogP contribution in [0.4, 0.5) is 0 Å². The quantitative estimate of drug-likeness (QED) is 0.375. The molecule has 0 aromatic rings. The summed E-state index contributed by atoms with van der Waals surface area (Å²) >= 11 is 0. The second-order valence-electron chi connectivity index (χ2n) is 3.95. The first-order valence-corrected chi connectivity index (χ1v) is 6.38. The van der Waals surface area contributed by atoms with Crippen LogP contribution in [0.25, 0.3) is 0 Å². The minimum atomic E-state index is 0.594. The Bertz CT molecular complexity index is 253. The third kappa shape index (κ3) is 6.44. The van der Waals surface area contributed by atoms with Crippen molar-refractivity contribution in [2.24, 2.45) is 5.92 Å². The van der Waals surface area contributed by atoms with E-state index in [1.165, 1.54) is 5.57 Å². The predicted octanol–water partition coefficient (Wildman–Crippen LogP) is 5.45. The van der Waals surface area contributed by atoms with Gasteiger partial charge in [0.25, 0.3) is 0 Å². The SMILES string of the molecule is C=CCC(CC=CC)C(C=CCC)=CCC. The first-order valence-electron chi connectivity index (χ1n) is 6.38. The molecular formula is C16H26. The summed E-state index contributed by atoms with van der Waals surface area (Å²) in [6.07, 6.45) is 17.6. The molecule has 0 spiro atoms. The largest absolute Gasteiger partial charge is 0.103 e. The fraction of sp³-hybridized carbons (Fsp3) is 0.500. The molecular weight excluding hydrogens is 192 g/mol. The van der Waals surface area contributed by atoms with Crippen molar-refractivity contribution in [3.05, 3.63) is 48.6 Å². The standard InChI is InChI=1S/C16H26/c1-5-9-13-15(11-7-3)16(12-8-4)14-10-6-2/h5,7,9-10,12,14-15H,3,6,8,11,13H2,1-2,4H3. The maximum Gasteiger partial charge on any atom is -0.00962 e. The van der Waals surface area contributed by atoms with Gasteiger partial charge in [-0.3, -0.25) is 0 Å². The second-order valence-corrected chi connectivity index (χ2v) is 3.95. The third-order valence-electron chi connectivity index (χ3n) is 2.56. The molecule has 0 aromatic heterocycles. The summed E-state index contributed by atoms with van der Waals surface area (Å²) in [5.41, 5.74) is 1.46. The van der Waals surface area contributed by atoms with E-state index in [0.717, 1.165) is 25.7 Å². The number of hydrogen-bond acceptors (Lipinski definition) is 0. The molecule has 0 aliphatic heterocycles. The smallest absolute Gasteiger partial charge is 0.00962 e. The van der Waals surface area contributed by atoms with E-state index in [9.17, 15) is 0 Å². The van der Waals surface area contributed by atoms with Gasteiger partial charge in [0.1, 0.15) is 0 Å². The van der Waals surface area contributed by atoms with Crippen molar-refractivity contribution >= 4 is 0 Å². The third-order valence-corrected chi connectivity index (χ3v) is 2.56. The molecule has 0 saturated carbocycles. The van der Waals surface area contributed by atoms with Crippen LogP contribution in [0.15, 0.2) is 48.6 Å². The number of allylic oxidation sites excluding steroid dienone is 7. The first kappa shape index (κ1) is 15.0. The minimum absolute atomic E-state index is 0.594. The monoisotopic (exact) mass is 218 g/mol. The highest BCUT2D eigenvalue weighted by molar-refractivity contribution is 5.23. The first-order chi connectivity index (χ1) is 7.79. The number of hydrogen-bond donors (Lipinski definition) is 0.